The molecule has 2 aliphatic heterocycles. The lowest BCUT2D eigenvalue weighted by Gasteiger charge is -2.29. The van der Waals surface area contributed by atoms with Gasteiger partial charge >= 0.3 is 6.03 Å². The van der Waals surface area contributed by atoms with E-state index >= 15 is 0 Å². The maximum atomic E-state index is 14.7. The van der Waals surface area contributed by atoms with Crippen molar-refractivity contribution in [3.05, 3.63) is 60.5 Å². The Kier molecular flexibility index (Phi) is 6.76. The summed E-state index contributed by atoms with van der Waals surface area (Å²) in [6, 6.07) is 14.6. The van der Waals surface area contributed by atoms with E-state index in [0.29, 0.717) is 43.6 Å². The van der Waals surface area contributed by atoms with E-state index in [-0.39, 0.29) is 17.9 Å². The predicted octanol–water partition coefficient (Wildman–Crippen LogP) is 4.88. The highest BCUT2D eigenvalue weighted by molar-refractivity contribution is 5.90. The fourth-order valence-electron chi connectivity index (χ4n) is 4.51. The first kappa shape index (κ1) is 23.0. The first-order valence-corrected chi connectivity index (χ1v) is 12.0. The molecule has 2 amide bonds. The number of hydrogen-bond donors (Lipinski definition) is 2. The van der Waals surface area contributed by atoms with Crippen molar-refractivity contribution >= 4 is 29.0 Å². The van der Waals surface area contributed by atoms with E-state index in [1.165, 1.54) is 6.07 Å². The Labute approximate surface area is 204 Å². The van der Waals surface area contributed by atoms with Crippen molar-refractivity contribution in [1.82, 2.24) is 14.9 Å². The van der Waals surface area contributed by atoms with Crippen LogP contribution >= 0.6 is 0 Å². The lowest BCUT2D eigenvalue weighted by Crippen LogP contribution is -2.37. The molecule has 3 heterocycles. The summed E-state index contributed by atoms with van der Waals surface area (Å²) in [5, 5.41) is 6.06. The summed E-state index contributed by atoms with van der Waals surface area (Å²) >= 11 is 0. The van der Waals surface area contributed by atoms with Crippen LogP contribution in [0.5, 0.6) is 0 Å². The average Bonchev–Trinajstić information content (AvgIpc) is 3.31. The molecule has 182 valence electrons. The molecule has 35 heavy (non-hydrogen) atoms. The highest BCUT2D eigenvalue weighted by atomic mass is 19.1. The molecule has 0 saturated carbocycles. The molecule has 2 aromatic carbocycles. The van der Waals surface area contributed by atoms with E-state index in [0.717, 1.165) is 36.3 Å². The van der Waals surface area contributed by atoms with Crippen LogP contribution in [-0.4, -0.2) is 59.8 Å². The second-order valence-corrected chi connectivity index (χ2v) is 8.85. The van der Waals surface area contributed by atoms with Gasteiger partial charge in [0, 0.05) is 48.8 Å². The predicted molar refractivity (Wildman–Crippen MR) is 135 cm³/mol. The minimum atomic E-state index is -0.297. The summed E-state index contributed by atoms with van der Waals surface area (Å²) in [6.45, 7) is 5.42. The maximum absolute atomic E-state index is 14.7. The summed E-state index contributed by atoms with van der Waals surface area (Å²) < 4.78 is 20.1. The molecule has 5 rings (SSSR count). The molecular formula is C26H29FN6O2. The zero-order valence-electron chi connectivity index (χ0n) is 19.7. The second-order valence-electron chi connectivity index (χ2n) is 8.85. The van der Waals surface area contributed by atoms with Gasteiger partial charge in [-0.25, -0.2) is 19.2 Å². The number of morpholine rings is 1. The van der Waals surface area contributed by atoms with Crippen LogP contribution in [0.4, 0.5) is 32.2 Å². The SMILES string of the molecule is C[C@@H]1CCCN1C(=O)Nc1ccc(-c2ccnc(Nc3ccc(N4CCOCC4)c(F)c3)n2)cc1. The standard InChI is InChI=1S/C26H29FN6O2/c1-18-3-2-12-33(18)26(34)30-20-6-4-19(5-7-20)23-10-11-28-25(31-23)29-21-8-9-24(22(27)17-21)32-13-15-35-16-14-32/h4-11,17-18H,2-3,12-16H2,1H3,(H,30,34)(H,28,29,31)/t18-/m1/s1. The van der Waals surface area contributed by atoms with E-state index < -0.39 is 0 Å². The quantitative estimate of drug-likeness (QED) is 0.546. The number of carbonyl (C=O) groups excluding carboxylic acids is 1. The van der Waals surface area contributed by atoms with Crippen LogP contribution in [0.2, 0.25) is 0 Å². The van der Waals surface area contributed by atoms with Crippen molar-refractivity contribution in [1.29, 1.82) is 0 Å². The van der Waals surface area contributed by atoms with E-state index in [1.807, 2.05) is 46.2 Å². The topological polar surface area (TPSA) is 82.6 Å². The minimum absolute atomic E-state index is 0.0665. The Morgan fingerprint density at radius 1 is 1.06 bits per heavy atom. The third-order valence-corrected chi connectivity index (χ3v) is 6.46. The van der Waals surface area contributed by atoms with Crippen molar-refractivity contribution in [2.75, 3.05) is 48.4 Å². The molecule has 0 aliphatic carbocycles. The molecule has 8 nitrogen and oxygen atoms in total. The third-order valence-electron chi connectivity index (χ3n) is 6.46. The van der Waals surface area contributed by atoms with Crippen molar-refractivity contribution in [3.8, 4) is 11.3 Å². The number of hydrogen-bond acceptors (Lipinski definition) is 6. The van der Waals surface area contributed by atoms with Crippen molar-refractivity contribution < 1.29 is 13.9 Å². The second kappa shape index (κ2) is 10.3. The largest absolute Gasteiger partial charge is 0.378 e. The van der Waals surface area contributed by atoms with Gasteiger partial charge in [-0.1, -0.05) is 12.1 Å². The molecule has 9 heteroatoms. The number of nitrogens with zero attached hydrogens (tertiary/aromatic N) is 4. The van der Waals surface area contributed by atoms with Gasteiger partial charge in [0.15, 0.2) is 0 Å². The molecule has 2 fully saturated rings. The molecule has 0 spiro atoms. The number of rotatable bonds is 5. The van der Waals surface area contributed by atoms with Gasteiger partial charge in [-0.15, -0.1) is 0 Å². The molecule has 2 aliphatic rings. The third kappa shape index (κ3) is 5.35. The van der Waals surface area contributed by atoms with E-state index in [1.54, 1.807) is 12.3 Å². The maximum Gasteiger partial charge on any atom is 0.322 e. The van der Waals surface area contributed by atoms with Crippen molar-refractivity contribution in [2.45, 2.75) is 25.8 Å². The number of halogens is 1. The van der Waals surface area contributed by atoms with E-state index in [9.17, 15) is 9.18 Å². The van der Waals surface area contributed by atoms with Crippen LogP contribution in [-0.2, 0) is 4.74 Å². The normalized spacial score (nSPS) is 17.9. The summed E-state index contributed by atoms with van der Waals surface area (Å²) in [6.07, 6.45) is 3.75. The molecule has 0 bridgehead atoms. The number of benzene rings is 2. The van der Waals surface area contributed by atoms with Gasteiger partial charge in [-0.05, 0) is 56.2 Å². The number of anilines is 4. The van der Waals surface area contributed by atoms with Gasteiger partial charge in [0.05, 0.1) is 24.6 Å². The van der Waals surface area contributed by atoms with E-state index in [4.69, 9.17) is 4.74 Å². The van der Waals surface area contributed by atoms with Gasteiger partial charge in [0.1, 0.15) is 5.82 Å². The Morgan fingerprint density at radius 3 is 2.54 bits per heavy atom. The number of amides is 2. The Morgan fingerprint density at radius 2 is 1.83 bits per heavy atom. The monoisotopic (exact) mass is 476 g/mol. The summed E-state index contributed by atoms with van der Waals surface area (Å²) in [7, 11) is 0. The number of ether oxygens (including phenoxy) is 1. The highest BCUT2D eigenvalue weighted by Gasteiger charge is 2.25. The Balaban J connectivity index is 1.25. The summed E-state index contributed by atoms with van der Waals surface area (Å²) in [4.78, 5) is 25.2. The summed E-state index contributed by atoms with van der Waals surface area (Å²) in [5.74, 6) is 0.0791. The lowest BCUT2D eigenvalue weighted by atomic mass is 10.1. The number of carbonyl (C=O) groups is 1. The molecule has 2 N–H and O–H groups in total. The Hall–Kier alpha value is -3.72. The molecule has 1 atom stereocenters. The molecule has 1 aromatic heterocycles. The molecule has 0 radical (unpaired) electrons. The highest BCUT2D eigenvalue weighted by Crippen LogP contribution is 2.26. The van der Waals surface area contributed by atoms with Crippen LogP contribution < -0.4 is 15.5 Å². The van der Waals surface area contributed by atoms with Crippen LogP contribution in [0.3, 0.4) is 0 Å². The molecule has 3 aromatic rings. The van der Waals surface area contributed by atoms with Gasteiger partial charge in [0.2, 0.25) is 5.95 Å². The fraction of sp³-hybridized carbons (Fsp3) is 0.346. The van der Waals surface area contributed by atoms with Gasteiger partial charge in [0.25, 0.3) is 0 Å². The number of urea groups is 1. The lowest BCUT2D eigenvalue weighted by molar-refractivity contribution is 0.122. The van der Waals surface area contributed by atoms with Crippen molar-refractivity contribution in [2.24, 2.45) is 0 Å². The van der Waals surface area contributed by atoms with Crippen LogP contribution in [0.15, 0.2) is 54.7 Å². The van der Waals surface area contributed by atoms with E-state index in [2.05, 4.69) is 27.5 Å². The van der Waals surface area contributed by atoms with Crippen molar-refractivity contribution in [3.63, 3.8) is 0 Å². The summed E-state index contributed by atoms with van der Waals surface area (Å²) in [5.41, 5.74) is 3.49. The molecule has 2 saturated heterocycles. The fourth-order valence-corrected chi connectivity index (χ4v) is 4.51. The van der Waals surface area contributed by atoms with Gasteiger partial charge in [-0.2, -0.15) is 0 Å². The van der Waals surface area contributed by atoms with Crippen LogP contribution in [0, 0.1) is 5.82 Å². The average molecular weight is 477 g/mol. The van der Waals surface area contributed by atoms with Crippen LogP contribution in [0.25, 0.3) is 11.3 Å². The zero-order chi connectivity index (χ0) is 24.2. The zero-order valence-corrected chi connectivity index (χ0v) is 19.7. The number of nitrogens with one attached hydrogen (secondary N) is 2. The number of aromatic nitrogens is 2. The number of likely N-dealkylation sites (tertiary alicyclic amines) is 1. The first-order chi connectivity index (χ1) is 17.1. The molecular weight excluding hydrogens is 447 g/mol. The minimum Gasteiger partial charge on any atom is -0.378 e. The van der Waals surface area contributed by atoms with Gasteiger partial charge in [-0.3, -0.25) is 0 Å². The first-order valence-electron chi connectivity index (χ1n) is 12.0. The smallest absolute Gasteiger partial charge is 0.322 e. The Bertz CT molecular complexity index is 1180. The van der Waals surface area contributed by atoms with Crippen LogP contribution in [0.1, 0.15) is 19.8 Å². The van der Waals surface area contributed by atoms with Gasteiger partial charge < -0.3 is 25.2 Å². The molecule has 0 unspecified atom stereocenters.